The molecular weight excluding hydrogens is 1010 g/mol. The number of hydrogen-bond donors (Lipinski definition) is 0. The zero-order valence-corrected chi connectivity index (χ0v) is 46.2. The van der Waals surface area contributed by atoms with Gasteiger partial charge in [-0.2, -0.15) is 0 Å². The average Bonchev–Trinajstić information content (AvgIpc) is 3.33. The van der Waals surface area contributed by atoms with E-state index >= 15 is 0 Å². The van der Waals surface area contributed by atoms with E-state index in [9.17, 15) is 0 Å². The Morgan fingerprint density at radius 1 is 0.324 bits per heavy atom. The number of rotatable bonds is 14. The van der Waals surface area contributed by atoms with E-state index in [1.807, 2.05) is 24.3 Å². The number of nitrogens with zero attached hydrogens (tertiary/aromatic N) is 2. The first-order valence-electron chi connectivity index (χ1n) is 23.4. The molecule has 0 saturated carbocycles. The summed E-state index contributed by atoms with van der Waals surface area (Å²) in [5.74, 6) is 0. The minimum Gasteiger partial charge on any atom is -0.309 e. The lowest BCUT2D eigenvalue weighted by atomic mass is 9.86. The fraction of sp³-hybridized carbons (Fsp3) is 0.129. The highest BCUT2D eigenvalue weighted by Crippen LogP contribution is 2.54. The molecule has 9 rings (SSSR count). The Hall–Kier alpha value is -5.15. The summed E-state index contributed by atoms with van der Waals surface area (Å²) in [4.78, 5) is 12.8. The summed E-state index contributed by atoms with van der Waals surface area (Å²) in [6.07, 6.45) is 0. The molecule has 0 saturated heterocycles. The topological polar surface area (TPSA) is 6.48 Å². The Bertz CT molecular complexity index is 2950. The Kier molecular flexibility index (Phi) is 16.0. The van der Waals surface area contributed by atoms with Gasteiger partial charge in [0.15, 0.2) is 0 Å². The van der Waals surface area contributed by atoms with Crippen LogP contribution in [-0.4, -0.2) is 0 Å². The number of hydrogen-bond acceptors (Lipinski definition) is 6. The Balaban J connectivity index is 1.34. The Morgan fingerprint density at radius 3 is 0.831 bits per heavy atom. The van der Waals surface area contributed by atoms with Crippen LogP contribution >= 0.6 is 81.9 Å². The fourth-order valence-corrected chi connectivity index (χ4v) is 13.3. The number of benzene rings is 9. The van der Waals surface area contributed by atoms with Crippen molar-refractivity contribution in [1.29, 1.82) is 0 Å². The molecule has 356 valence electrons. The Morgan fingerprint density at radius 2 is 0.577 bits per heavy atom. The third kappa shape index (κ3) is 12.2. The van der Waals surface area contributed by atoms with Crippen molar-refractivity contribution < 1.29 is 0 Å². The third-order valence-corrected chi connectivity index (χ3v) is 17.5. The zero-order valence-electron chi connectivity index (χ0n) is 40.6. The summed E-state index contributed by atoms with van der Waals surface area (Å²) in [6.45, 7) is 15.4. The molecule has 0 fully saturated rings. The molecule has 0 aliphatic rings. The van der Waals surface area contributed by atoms with Gasteiger partial charge in [-0.1, -0.05) is 188 Å². The molecular formula is C62H53Cl3N2S4. The second kappa shape index (κ2) is 22.3. The van der Waals surface area contributed by atoms with Crippen LogP contribution in [0.5, 0.6) is 0 Å². The highest BCUT2D eigenvalue weighted by Gasteiger charge is 2.29. The van der Waals surface area contributed by atoms with Gasteiger partial charge in [0.05, 0.1) is 26.4 Å². The van der Waals surface area contributed by atoms with Crippen molar-refractivity contribution >= 4 is 116 Å². The molecule has 0 bridgehead atoms. The normalized spacial score (nSPS) is 11.5. The number of anilines is 6. The maximum absolute atomic E-state index is 8.26. The first-order valence-corrected chi connectivity index (χ1v) is 27.8. The number of halogens is 3. The fourth-order valence-electron chi connectivity index (χ4n) is 8.50. The molecule has 0 aromatic heterocycles. The van der Waals surface area contributed by atoms with Crippen molar-refractivity contribution in [2.75, 3.05) is 9.80 Å². The van der Waals surface area contributed by atoms with Crippen LogP contribution in [0.1, 0.15) is 48.6 Å². The standard InChI is InChI=1S/C62H53Cl3N2S4/c1-40-28-41(2)31-45(30-40)66(47-36-55(68-49-20-12-8-13-21-49)60(64)56(37-47)69-50-22-14-9-15-23-50)53-34-44(62(5,6)7)35-54(59(53)63)67(46-32-42(3)29-43(4)33-46)48-38-57(70-51-24-16-10-17-25-51)61(65)58(39-48)71-52-26-18-11-19-27-52/h8-39H,1-7H3. The SMILES string of the molecule is Cc1cc(C)cc(N(c2cc(Sc3ccccc3)c(Cl)c(Sc3ccccc3)c2)c2cc(C(C)(C)C)cc(N(c3cc(C)cc(C)c3)c3cc(Sc4ccccc4)c(Cl)c(Sc4ccccc4)c3)c2Cl)c1. The smallest absolute Gasteiger partial charge is 0.0887 e. The molecule has 0 aliphatic heterocycles. The summed E-state index contributed by atoms with van der Waals surface area (Å²) >= 11 is 29.9. The van der Waals surface area contributed by atoms with E-state index in [1.165, 1.54) is 0 Å². The van der Waals surface area contributed by atoms with Crippen molar-refractivity contribution in [1.82, 2.24) is 0 Å². The van der Waals surface area contributed by atoms with Gasteiger partial charge >= 0.3 is 0 Å². The van der Waals surface area contributed by atoms with Gasteiger partial charge in [0.2, 0.25) is 0 Å². The maximum atomic E-state index is 8.26. The molecule has 0 aliphatic carbocycles. The van der Waals surface area contributed by atoms with Crippen LogP contribution in [0.25, 0.3) is 0 Å². The van der Waals surface area contributed by atoms with Crippen LogP contribution < -0.4 is 9.80 Å². The molecule has 71 heavy (non-hydrogen) atoms. The van der Waals surface area contributed by atoms with Crippen molar-refractivity contribution in [2.24, 2.45) is 0 Å². The minimum atomic E-state index is -0.290. The minimum absolute atomic E-state index is 0.290. The maximum Gasteiger partial charge on any atom is 0.0887 e. The van der Waals surface area contributed by atoms with Gasteiger partial charge in [-0.05, 0) is 170 Å². The monoisotopic (exact) mass is 1060 g/mol. The summed E-state index contributed by atoms with van der Waals surface area (Å²) in [5, 5.41) is 1.98. The van der Waals surface area contributed by atoms with E-state index in [0.29, 0.717) is 15.1 Å². The van der Waals surface area contributed by atoms with Gasteiger partial charge < -0.3 is 9.80 Å². The summed E-state index contributed by atoms with van der Waals surface area (Å²) < 4.78 is 0. The lowest BCUT2D eigenvalue weighted by molar-refractivity contribution is 0.590. The second-order valence-electron chi connectivity index (χ2n) is 18.6. The quantitative estimate of drug-likeness (QED) is 0.106. The van der Waals surface area contributed by atoms with Gasteiger partial charge in [0, 0.05) is 61.9 Å². The largest absolute Gasteiger partial charge is 0.309 e. The first kappa shape index (κ1) is 50.8. The van der Waals surface area contributed by atoms with E-state index < -0.39 is 0 Å². The van der Waals surface area contributed by atoms with Crippen LogP contribution in [0.15, 0.2) is 233 Å². The lowest BCUT2D eigenvalue weighted by Gasteiger charge is -2.34. The predicted octanol–water partition coefficient (Wildman–Crippen LogP) is 21.7. The molecule has 0 atom stereocenters. The van der Waals surface area contributed by atoms with Crippen molar-refractivity contribution in [3.05, 3.63) is 237 Å². The summed E-state index contributed by atoms with van der Waals surface area (Å²) in [6, 6.07) is 68.5. The van der Waals surface area contributed by atoms with Crippen LogP contribution in [0.4, 0.5) is 34.1 Å². The van der Waals surface area contributed by atoms with E-state index in [4.69, 9.17) is 34.8 Å². The van der Waals surface area contributed by atoms with E-state index in [-0.39, 0.29) is 5.41 Å². The second-order valence-corrected chi connectivity index (χ2v) is 24.2. The average molecular weight is 1060 g/mol. The predicted molar refractivity (Wildman–Crippen MR) is 311 cm³/mol. The van der Waals surface area contributed by atoms with Gasteiger partial charge in [0.25, 0.3) is 0 Å². The first-order chi connectivity index (χ1) is 34.2. The van der Waals surface area contributed by atoms with Crippen molar-refractivity contribution in [3.8, 4) is 0 Å². The lowest BCUT2D eigenvalue weighted by Crippen LogP contribution is -2.19. The highest BCUT2D eigenvalue weighted by molar-refractivity contribution is 8.00. The number of aryl methyl sites for hydroxylation is 4. The van der Waals surface area contributed by atoms with E-state index in [0.717, 1.165) is 101 Å². The zero-order chi connectivity index (χ0) is 49.8. The molecule has 0 heterocycles. The molecule has 0 radical (unpaired) electrons. The van der Waals surface area contributed by atoms with Crippen molar-refractivity contribution in [3.63, 3.8) is 0 Å². The molecule has 9 heteroatoms. The molecule has 2 nitrogen and oxygen atoms in total. The Labute approximate surface area is 452 Å². The molecule has 0 N–H and O–H groups in total. The molecule has 9 aromatic carbocycles. The van der Waals surface area contributed by atoms with Gasteiger partial charge in [-0.3, -0.25) is 0 Å². The van der Waals surface area contributed by atoms with E-state index in [2.05, 4.69) is 228 Å². The molecule has 0 spiro atoms. The summed E-state index contributed by atoms with van der Waals surface area (Å²) in [7, 11) is 0. The molecule has 0 unspecified atom stereocenters. The van der Waals surface area contributed by atoms with Gasteiger partial charge in [-0.15, -0.1) is 0 Å². The third-order valence-electron chi connectivity index (χ3n) is 11.7. The van der Waals surface area contributed by atoms with Crippen LogP contribution in [0.3, 0.4) is 0 Å². The van der Waals surface area contributed by atoms with Crippen LogP contribution in [0, 0.1) is 27.7 Å². The highest BCUT2D eigenvalue weighted by atomic mass is 35.5. The van der Waals surface area contributed by atoms with Gasteiger partial charge in [-0.25, -0.2) is 0 Å². The summed E-state index contributed by atoms with van der Waals surface area (Å²) in [5.41, 5.74) is 10.9. The van der Waals surface area contributed by atoms with E-state index in [1.54, 1.807) is 47.0 Å². The van der Waals surface area contributed by atoms with Crippen molar-refractivity contribution in [2.45, 2.75) is 93.0 Å². The van der Waals surface area contributed by atoms with Gasteiger partial charge in [0.1, 0.15) is 0 Å². The molecule has 9 aromatic rings. The van der Waals surface area contributed by atoms with Crippen LogP contribution in [0.2, 0.25) is 15.1 Å². The molecule has 0 amide bonds. The van der Waals surface area contributed by atoms with Crippen LogP contribution in [-0.2, 0) is 5.41 Å².